The molecule has 0 aliphatic heterocycles. The molecule has 0 atom stereocenters. The number of carbonyl (C=O) groups excluding carboxylic acids is 1. The van der Waals surface area contributed by atoms with E-state index in [-0.39, 0.29) is 10.6 Å². The predicted octanol–water partition coefficient (Wildman–Crippen LogP) is 4.76. The molecule has 0 saturated carbocycles. The summed E-state index contributed by atoms with van der Waals surface area (Å²) >= 11 is 5.85. The highest BCUT2D eigenvalue weighted by atomic mass is 35.5. The molecule has 0 saturated heterocycles. The van der Waals surface area contributed by atoms with E-state index in [2.05, 4.69) is 5.32 Å². The summed E-state index contributed by atoms with van der Waals surface area (Å²) in [5, 5.41) is 2.64. The third-order valence-corrected chi connectivity index (χ3v) is 6.30. The number of carbonyl (C=O) groups is 1. The topological polar surface area (TPSA) is 66.5 Å². The van der Waals surface area contributed by atoms with Crippen LogP contribution < -0.4 is 9.62 Å². The van der Waals surface area contributed by atoms with Crippen molar-refractivity contribution < 1.29 is 22.0 Å². The highest BCUT2D eigenvalue weighted by Crippen LogP contribution is 2.27. The van der Waals surface area contributed by atoms with E-state index >= 15 is 0 Å². The minimum absolute atomic E-state index is 0.0593. The third-order valence-electron chi connectivity index (χ3n) is 4.28. The Morgan fingerprint density at radius 3 is 2.33 bits per heavy atom. The number of sulfonamides is 1. The van der Waals surface area contributed by atoms with Crippen LogP contribution in [-0.2, 0) is 14.8 Å². The van der Waals surface area contributed by atoms with E-state index in [1.807, 2.05) is 0 Å². The number of rotatable bonds is 6. The van der Waals surface area contributed by atoms with Crippen LogP contribution in [0.4, 0.5) is 20.2 Å². The average Bonchev–Trinajstić information content (AvgIpc) is 2.69. The van der Waals surface area contributed by atoms with Crippen molar-refractivity contribution in [3.8, 4) is 0 Å². The van der Waals surface area contributed by atoms with Gasteiger partial charge in [-0.05, 0) is 55.0 Å². The Bertz CT molecular complexity index is 1190. The molecule has 3 rings (SSSR count). The summed E-state index contributed by atoms with van der Waals surface area (Å²) < 4.78 is 54.4. The summed E-state index contributed by atoms with van der Waals surface area (Å²) in [4.78, 5) is 12.5. The first-order chi connectivity index (χ1) is 14.2. The number of amides is 1. The van der Waals surface area contributed by atoms with Crippen LogP contribution in [0, 0.1) is 18.6 Å². The Morgan fingerprint density at radius 2 is 1.70 bits per heavy atom. The van der Waals surface area contributed by atoms with Gasteiger partial charge in [0.2, 0.25) is 5.91 Å². The Kier molecular flexibility index (Phi) is 6.38. The van der Waals surface area contributed by atoms with Crippen molar-refractivity contribution in [1.29, 1.82) is 0 Å². The molecule has 156 valence electrons. The second-order valence-corrected chi connectivity index (χ2v) is 8.72. The summed E-state index contributed by atoms with van der Waals surface area (Å²) in [5.41, 5.74) is 0.660. The molecule has 0 aromatic heterocycles. The number of benzene rings is 3. The molecule has 5 nitrogen and oxygen atoms in total. The molecule has 0 spiro atoms. The minimum Gasteiger partial charge on any atom is -0.322 e. The first-order valence-electron chi connectivity index (χ1n) is 8.77. The predicted molar refractivity (Wildman–Crippen MR) is 112 cm³/mol. The lowest BCUT2D eigenvalue weighted by atomic mass is 10.2. The van der Waals surface area contributed by atoms with Crippen molar-refractivity contribution in [2.24, 2.45) is 0 Å². The summed E-state index contributed by atoms with van der Waals surface area (Å²) in [5.74, 6) is -2.55. The molecule has 0 radical (unpaired) electrons. The molecular weight excluding hydrogens is 434 g/mol. The van der Waals surface area contributed by atoms with Gasteiger partial charge in [0.1, 0.15) is 18.2 Å². The highest BCUT2D eigenvalue weighted by Gasteiger charge is 2.28. The number of hydrogen-bond acceptors (Lipinski definition) is 3. The largest absolute Gasteiger partial charge is 0.322 e. The van der Waals surface area contributed by atoms with Gasteiger partial charge >= 0.3 is 0 Å². The standard InChI is InChI=1S/C21H17ClF2N2O3S/c1-14-4-2-3-5-20(14)26(30(28,29)17-9-6-15(22)7-10-17)13-21(27)25-19-11-8-16(23)12-18(19)24/h2-12H,13H2,1H3,(H,25,27). The SMILES string of the molecule is Cc1ccccc1N(CC(=O)Nc1ccc(F)cc1F)S(=O)(=O)c1ccc(Cl)cc1. The molecule has 9 heteroatoms. The number of nitrogens with one attached hydrogen (secondary N) is 1. The van der Waals surface area contributed by atoms with Crippen molar-refractivity contribution >= 4 is 38.9 Å². The zero-order valence-electron chi connectivity index (χ0n) is 15.8. The van der Waals surface area contributed by atoms with Crippen molar-refractivity contribution in [3.05, 3.63) is 89.0 Å². The lowest BCUT2D eigenvalue weighted by Gasteiger charge is -2.25. The van der Waals surface area contributed by atoms with Crippen molar-refractivity contribution in [2.75, 3.05) is 16.2 Å². The van der Waals surface area contributed by atoms with E-state index in [9.17, 15) is 22.0 Å². The van der Waals surface area contributed by atoms with Crippen LogP contribution in [0.5, 0.6) is 0 Å². The summed E-state index contributed by atoms with van der Waals surface area (Å²) in [6, 6.07) is 14.9. The number of hydrogen-bond donors (Lipinski definition) is 1. The van der Waals surface area contributed by atoms with E-state index in [0.717, 1.165) is 16.4 Å². The van der Waals surface area contributed by atoms with E-state index in [4.69, 9.17) is 11.6 Å². The molecule has 0 fully saturated rings. The van der Waals surface area contributed by atoms with Gasteiger partial charge in [-0.15, -0.1) is 0 Å². The van der Waals surface area contributed by atoms with Crippen LogP contribution in [0.25, 0.3) is 0 Å². The Morgan fingerprint density at radius 1 is 1.03 bits per heavy atom. The molecule has 0 aliphatic carbocycles. The molecule has 0 aliphatic rings. The number of halogens is 3. The van der Waals surface area contributed by atoms with Crippen LogP contribution in [0.3, 0.4) is 0 Å². The van der Waals surface area contributed by atoms with E-state index < -0.39 is 34.1 Å². The highest BCUT2D eigenvalue weighted by molar-refractivity contribution is 7.92. The molecule has 0 heterocycles. The van der Waals surface area contributed by atoms with Crippen LogP contribution >= 0.6 is 11.6 Å². The van der Waals surface area contributed by atoms with E-state index in [0.29, 0.717) is 22.3 Å². The normalized spacial score (nSPS) is 11.2. The fourth-order valence-corrected chi connectivity index (χ4v) is 4.40. The van der Waals surface area contributed by atoms with Crippen LogP contribution in [0.2, 0.25) is 5.02 Å². The molecular formula is C21H17ClF2N2O3S. The monoisotopic (exact) mass is 450 g/mol. The third kappa shape index (κ3) is 4.77. The quantitative estimate of drug-likeness (QED) is 0.588. The van der Waals surface area contributed by atoms with Gasteiger partial charge in [-0.25, -0.2) is 17.2 Å². The smallest absolute Gasteiger partial charge is 0.264 e. The minimum atomic E-state index is -4.14. The first kappa shape index (κ1) is 21.7. The van der Waals surface area contributed by atoms with E-state index in [1.54, 1.807) is 31.2 Å². The van der Waals surface area contributed by atoms with Gasteiger partial charge in [0.25, 0.3) is 10.0 Å². The lowest BCUT2D eigenvalue weighted by molar-refractivity contribution is -0.114. The Labute approximate surface area is 178 Å². The first-order valence-corrected chi connectivity index (χ1v) is 10.6. The van der Waals surface area contributed by atoms with Crippen LogP contribution in [0.15, 0.2) is 71.6 Å². The number of para-hydroxylation sites is 1. The lowest BCUT2D eigenvalue weighted by Crippen LogP contribution is -2.38. The Hall–Kier alpha value is -2.97. The second kappa shape index (κ2) is 8.81. The second-order valence-electron chi connectivity index (χ2n) is 6.42. The zero-order valence-corrected chi connectivity index (χ0v) is 17.3. The molecule has 30 heavy (non-hydrogen) atoms. The molecule has 0 bridgehead atoms. The van der Waals surface area contributed by atoms with Gasteiger partial charge < -0.3 is 5.32 Å². The molecule has 0 unspecified atom stereocenters. The van der Waals surface area contributed by atoms with Crippen molar-refractivity contribution in [1.82, 2.24) is 0 Å². The summed E-state index contributed by atoms with van der Waals surface area (Å²) in [6.07, 6.45) is 0. The number of aryl methyl sites for hydroxylation is 1. The maximum absolute atomic E-state index is 13.9. The van der Waals surface area contributed by atoms with E-state index in [1.165, 1.54) is 24.3 Å². The maximum atomic E-state index is 13.9. The number of anilines is 2. The molecule has 1 amide bonds. The summed E-state index contributed by atoms with van der Waals surface area (Å²) in [6.45, 7) is 1.09. The van der Waals surface area contributed by atoms with Gasteiger partial charge in [-0.2, -0.15) is 0 Å². The van der Waals surface area contributed by atoms with Crippen molar-refractivity contribution in [3.63, 3.8) is 0 Å². The fourth-order valence-electron chi connectivity index (χ4n) is 2.79. The Balaban J connectivity index is 1.97. The zero-order chi connectivity index (χ0) is 21.9. The van der Waals surface area contributed by atoms with Gasteiger partial charge in [-0.1, -0.05) is 29.8 Å². The van der Waals surface area contributed by atoms with Crippen LogP contribution in [0.1, 0.15) is 5.56 Å². The van der Waals surface area contributed by atoms with Crippen molar-refractivity contribution in [2.45, 2.75) is 11.8 Å². The van der Waals surface area contributed by atoms with Gasteiger partial charge in [-0.3, -0.25) is 9.10 Å². The van der Waals surface area contributed by atoms with Gasteiger partial charge in [0.05, 0.1) is 16.3 Å². The average molecular weight is 451 g/mol. The van der Waals surface area contributed by atoms with Gasteiger partial charge in [0, 0.05) is 11.1 Å². The molecule has 3 aromatic rings. The fraction of sp³-hybridized carbons (Fsp3) is 0.0952. The molecule has 3 aromatic carbocycles. The van der Waals surface area contributed by atoms with Crippen LogP contribution in [-0.4, -0.2) is 20.9 Å². The summed E-state index contributed by atoms with van der Waals surface area (Å²) in [7, 11) is -4.14. The van der Waals surface area contributed by atoms with Gasteiger partial charge in [0.15, 0.2) is 0 Å². The maximum Gasteiger partial charge on any atom is 0.264 e. The molecule has 1 N–H and O–H groups in total. The number of nitrogens with zero attached hydrogens (tertiary/aromatic N) is 1.